The number of rotatable bonds is 61. The number of esters is 2. The van der Waals surface area contributed by atoms with Crippen LogP contribution in [-0.4, -0.2) is 49.3 Å². The molecule has 0 rings (SSSR count). The summed E-state index contributed by atoms with van der Waals surface area (Å²) in [6.07, 6.45) is 71.1. The smallest absolute Gasteiger partial charge is 0.462 e. The average molecular weight is 1050 g/mol. The normalized spacial score (nSPS) is 13.1. The van der Waals surface area contributed by atoms with Crippen molar-refractivity contribution in [1.82, 2.24) is 0 Å². The lowest BCUT2D eigenvalue weighted by atomic mass is 10.0. The van der Waals surface area contributed by atoms with Crippen molar-refractivity contribution in [1.29, 1.82) is 0 Å². The molecule has 0 aliphatic rings. The van der Waals surface area contributed by atoms with Crippen LogP contribution >= 0.6 is 7.82 Å². The lowest BCUT2D eigenvalue weighted by molar-refractivity contribution is -0.161. The van der Waals surface area contributed by atoms with E-state index >= 15 is 0 Å². The van der Waals surface area contributed by atoms with Crippen LogP contribution in [0.15, 0.2) is 24.3 Å². The van der Waals surface area contributed by atoms with E-state index in [1.807, 2.05) is 0 Å². The maximum absolute atomic E-state index is 12.7. The summed E-state index contributed by atoms with van der Waals surface area (Å²) >= 11 is 0. The fourth-order valence-corrected chi connectivity index (χ4v) is 10.4. The Balaban J connectivity index is 3.88. The van der Waals surface area contributed by atoms with E-state index in [0.29, 0.717) is 6.42 Å². The van der Waals surface area contributed by atoms with E-state index in [1.54, 1.807) is 0 Å². The van der Waals surface area contributed by atoms with E-state index in [0.717, 1.165) is 38.5 Å². The molecule has 0 aromatic carbocycles. The van der Waals surface area contributed by atoms with Crippen molar-refractivity contribution >= 4 is 19.8 Å². The number of phosphoric acid groups is 1. The second kappa shape index (κ2) is 59.7. The molecular weight excluding hydrogens is 930 g/mol. The highest BCUT2D eigenvalue weighted by Gasteiger charge is 2.26. The van der Waals surface area contributed by atoms with Crippen molar-refractivity contribution in [2.24, 2.45) is 5.73 Å². The molecule has 0 aromatic rings. The van der Waals surface area contributed by atoms with Crippen LogP contribution in [-0.2, 0) is 32.7 Å². The lowest BCUT2D eigenvalue weighted by Gasteiger charge is -2.19. The van der Waals surface area contributed by atoms with Gasteiger partial charge in [0.05, 0.1) is 13.2 Å². The van der Waals surface area contributed by atoms with Crippen LogP contribution in [0.2, 0.25) is 0 Å². The van der Waals surface area contributed by atoms with Crippen LogP contribution in [0.3, 0.4) is 0 Å². The van der Waals surface area contributed by atoms with E-state index < -0.39 is 26.5 Å². The topological polar surface area (TPSA) is 134 Å². The molecule has 3 N–H and O–H groups in total. The van der Waals surface area contributed by atoms with Crippen LogP contribution in [0, 0.1) is 0 Å². The first-order valence-corrected chi connectivity index (χ1v) is 33.3. The third-order valence-electron chi connectivity index (χ3n) is 14.3. The summed E-state index contributed by atoms with van der Waals surface area (Å²) in [7, 11) is -4.39. The van der Waals surface area contributed by atoms with Crippen molar-refractivity contribution in [3.05, 3.63) is 24.3 Å². The van der Waals surface area contributed by atoms with Crippen LogP contribution in [0.4, 0.5) is 0 Å². The lowest BCUT2D eigenvalue weighted by Crippen LogP contribution is -2.29. The Labute approximate surface area is 452 Å². The molecule has 2 atom stereocenters. The average Bonchev–Trinajstić information content (AvgIpc) is 3.38. The van der Waals surface area contributed by atoms with Gasteiger partial charge in [-0.15, -0.1) is 0 Å². The zero-order valence-electron chi connectivity index (χ0n) is 48.4. The van der Waals surface area contributed by atoms with Crippen LogP contribution < -0.4 is 5.73 Å². The quantitative estimate of drug-likeness (QED) is 0.0264. The molecule has 73 heavy (non-hydrogen) atoms. The van der Waals surface area contributed by atoms with Gasteiger partial charge < -0.3 is 20.1 Å². The molecule has 0 heterocycles. The highest BCUT2D eigenvalue weighted by Crippen LogP contribution is 2.43. The Morgan fingerprint density at radius 1 is 0.411 bits per heavy atom. The number of hydrogen-bond acceptors (Lipinski definition) is 8. The van der Waals surface area contributed by atoms with Gasteiger partial charge in [-0.25, -0.2) is 4.57 Å². The molecule has 0 saturated carbocycles. The Morgan fingerprint density at radius 2 is 0.712 bits per heavy atom. The number of phosphoric ester groups is 1. The van der Waals surface area contributed by atoms with Crippen molar-refractivity contribution < 1.29 is 37.6 Å². The van der Waals surface area contributed by atoms with E-state index in [9.17, 15) is 19.0 Å². The van der Waals surface area contributed by atoms with E-state index in [4.69, 9.17) is 24.3 Å². The Hall–Kier alpha value is -1.51. The molecule has 9 nitrogen and oxygen atoms in total. The summed E-state index contributed by atoms with van der Waals surface area (Å²) in [6, 6.07) is 0. The summed E-state index contributed by atoms with van der Waals surface area (Å²) in [5.74, 6) is -0.806. The monoisotopic (exact) mass is 1050 g/mol. The van der Waals surface area contributed by atoms with E-state index in [2.05, 4.69) is 38.2 Å². The van der Waals surface area contributed by atoms with Crippen molar-refractivity contribution in [3.8, 4) is 0 Å². The zero-order valence-corrected chi connectivity index (χ0v) is 49.3. The van der Waals surface area contributed by atoms with Gasteiger partial charge in [0.25, 0.3) is 0 Å². The molecule has 0 aliphatic carbocycles. The van der Waals surface area contributed by atoms with Gasteiger partial charge >= 0.3 is 19.8 Å². The molecule has 2 unspecified atom stereocenters. The first-order valence-electron chi connectivity index (χ1n) is 31.8. The SMILES string of the molecule is CCCCCCC/C=C\C/C=C\CCCCCCCCCCCCCCCCCC(=O)OC(COC(=O)CCCCCCCCCCCCCCCCCCCCCCCCCCC)COP(=O)(O)OCCN. The maximum Gasteiger partial charge on any atom is 0.472 e. The summed E-state index contributed by atoms with van der Waals surface area (Å²) in [5, 5.41) is 0. The minimum Gasteiger partial charge on any atom is -0.462 e. The summed E-state index contributed by atoms with van der Waals surface area (Å²) in [6.45, 7) is 3.81. The first kappa shape index (κ1) is 71.5. The number of ether oxygens (including phenoxy) is 2. The summed E-state index contributed by atoms with van der Waals surface area (Å²) in [4.78, 5) is 35.3. The second-order valence-corrected chi connectivity index (χ2v) is 23.1. The Kier molecular flexibility index (Phi) is 58.5. The van der Waals surface area contributed by atoms with Crippen molar-refractivity contribution in [2.75, 3.05) is 26.4 Å². The van der Waals surface area contributed by atoms with Crippen molar-refractivity contribution in [2.45, 2.75) is 341 Å². The Morgan fingerprint density at radius 3 is 1.04 bits per heavy atom. The summed E-state index contributed by atoms with van der Waals surface area (Å²) in [5.41, 5.74) is 5.39. The summed E-state index contributed by atoms with van der Waals surface area (Å²) < 4.78 is 33.1. The van der Waals surface area contributed by atoms with Gasteiger partial charge in [0.15, 0.2) is 6.10 Å². The fraction of sp³-hybridized carbons (Fsp3) is 0.905. The van der Waals surface area contributed by atoms with Gasteiger partial charge in [0.1, 0.15) is 6.61 Å². The van der Waals surface area contributed by atoms with E-state index in [-0.39, 0.29) is 38.6 Å². The number of carbonyl (C=O) groups is 2. The fourth-order valence-electron chi connectivity index (χ4n) is 9.61. The number of nitrogens with two attached hydrogens (primary N) is 1. The molecule has 0 aliphatic heterocycles. The van der Waals surface area contributed by atoms with Crippen LogP contribution in [0.25, 0.3) is 0 Å². The highest BCUT2D eigenvalue weighted by atomic mass is 31.2. The van der Waals surface area contributed by atoms with Crippen LogP contribution in [0.1, 0.15) is 335 Å². The molecule has 0 saturated heterocycles. The molecule has 432 valence electrons. The molecule has 10 heteroatoms. The predicted octanol–water partition coefficient (Wildman–Crippen LogP) is 20.2. The number of unbranched alkanes of at least 4 members (excludes halogenated alkanes) is 44. The van der Waals surface area contributed by atoms with Crippen LogP contribution in [0.5, 0.6) is 0 Å². The third-order valence-corrected chi connectivity index (χ3v) is 15.3. The largest absolute Gasteiger partial charge is 0.472 e. The van der Waals surface area contributed by atoms with Gasteiger partial charge in [0, 0.05) is 19.4 Å². The molecule has 0 amide bonds. The molecule has 0 fully saturated rings. The standard InChI is InChI=1S/C63H122NO8P/c1-3-5-7-9-11-13-15-17-19-21-23-25-27-29-30-32-34-36-38-40-42-44-46-48-50-52-54-56-63(66)72-61(60-71-73(67,68)70-58-57-64)59-69-62(65)55-53-51-49-47-45-43-41-39-37-35-33-31-28-26-24-22-20-18-16-14-12-10-8-6-4-2/h15,17,21,23,61H,3-14,16,18-20,22,24-60,64H2,1-2H3,(H,67,68)/b17-15-,23-21-. The molecule has 0 spiro atoms. The molecular formula is C63H122NO8P. The van der Waals surface area contributed by atoms with E-state index in [1.165, 1.54) is 263 Å². The van der Waals surface area contributed by atoms with Gasteiger partial charge in [-0.1, -0.05) is 301 Å². The minimum atomic E-state index is -4.39. The van der Waals surface area contributed by atoms with Gasteiger partial charge in [-0.2, -0.15) is 0 Å². The zero-order chi connectivity index (χ0) is 53.1. The number of allylic oxidation sites excluding steroid dienone is 4. The number of carbonyl (C=O) groups excluding carboxylic acids is 2. The second-order valence-electron chi connectivity index (χ2n) is 21.6. The van der Waals surface area contributed by atoms with Gasteiger partial charge in [0.2, 0.25) is 0 Å². The molecule has 0 bridgehead atoms. The first-order chi connectivity index (χ1) is 35.8. The molecule has 0 radical (unpaired) electrons. The predicted molar refractivity (Wildman–Crippen MR) is 312 cm³/mol. The Bertz CT molecular complexity index is 1250. The maximum atomic E-state index is 12.7. The van der Waals surface area contributed by atoms with Gasteiger partial charge in [-0.05, 0) is 44.9 Å². The van der Waals surface area contributed by atoms with Crippen molar-refractivity contribution in [3.63, 3.8) is 0 Å². The molecule has 0 aromatic heterocycles. The minimum absolute atomic E-state index is 0.0564. The van der Waals surface area contributed by atoms with Gasteiger partial charge in [-0.3, -0.25) is 18.6 Å². The highest BCUT2D eigenvalue weighted by molar-refractivity contribution is 7.47. The third kappa shape index (κ3) is 59.6. The number of hydrogen-bond donors (Lipinski definition) is 2.